The van der Waals surface area contributed by atoms with Gasteiger partial charge in [-0.15, -0.1) is 0 Å². The quantitative estimate of drug-likeness (QED) is 0.0278. The van der Waals surface area contributed by atoms with Crippen molar-refractivity contribution in [1.82, 2.24) is 5.32 Å². The van der Waals surface area contributed by atoms with Gasteiger partial charge in [0.1, 0.15) is 13.2 Å². The maximum absolute atomic E-state index is 12.8. The lowest BCUT2D eigenvalue weighted by Crippen LogP contribution is -2.45. The normalized spacial score (nSPS) is 15.0. The molecule has 8 nitrogen and oxygen atoms in total. The van der Waals surface area contributed by atoms with E-state index in [0.717, 1.165) is 57.8 Å². The molecule has 3 unspecified atom stereocenters. The molecular weight excluding hydrogens is 707 g/mol. The molecule has 320 valence electrons. The summed E-state index contributed by atoms with van der Waals surface area (Å²) in [7, 11) is 1.22. The van der Waals surface area contributed by atoms with Crippen LogP contribution in [0.4, 0.5) is 0 Å². The molecule has 0 heterocycles. The summed E-state index contributed by atoms with van der Waals surface area (Å²) in [4.78, 5) is 25.2. The van der Waals surface area contributed by atoms with E-state index in [2.05, 4.69) is 67.8 Å². The molecule has 0 rings (SSSR count). The number of unbranched alkanes of at least 4 members (excludes halogenated alkanes) is 18. The van der Waals surface area contributed by atoms with Gasteiger partial charge in [0.2, 0.25) is 5.91 Å². The van der Waals surface area contributed by atoms with E-state index in [1.54, 1.807) is 6.08 Å². The highest BCUT2D eigenvalue weighted by molar-refractivity contribution is 7.45. The topological polar surface area (TPSA) is 108 Å². The standard InChI is InChI=1S/C46H85N2O6P/c1-6-8-10-12-14-16-18-19-20-21-22-23-24-25-26-27-28-29-30-32-34-36-38-40-46(50)47-44(43-54-55(51,52)53-42-41-48(3,4)5)45(49)39-37-35-33-31-17-15-13-11-9-7-2/h9,11,17-19,21-22,31,37,39,44-45,49H,6-8,10,12-16,20,23-30,32-36,38,40-43H2,1-5H3,(H-,47,50,51,52)/b11-9+,19-18-,22-21-,31-17+,39-37+. The second-order valence-corrected chi connectivity index (χ2v) is 17.4. The lowest BCUT2D eigenvalue weighted by atomic mass is 10.0. The van der Waals surface area contributed by atoms with Crippen LogP contribution in [0.2, 0.25) is 0 Å². The molecule has 0 aromatic rings. The van der Waals surface area contributed by atoms with Crippen molar-refractivity contribution in [3.63, 3.8) is 0 Å². The van der Waals surface area contributed by atoms with Crippen LogP contribution in [0.15, 0.2) is 60.8 Å². The second kappa shape index (κ2) is 37.8. The van der Waals surface area contributed by atoms with Gasteiger partial charge in [-0.2, -0.15) is 0 Å². The van der Waals surface area contributed by atoms with E-state index in [1.165, 1.54) is 96.3 Å². The Bertz CT molecular complexity index is 1080. The van der Waals surface area contributed by atoms with Gasteiger partial charge in [0.15, 0.2) is 0 Å². The van der Waals surface area contributed by atoms with Gasteiger partial charge in [-0.3, -0.25) is 9.36 Å². The molecule has 1 amide bonds. The van der Waals surface area contributed by atoms with Gasteiger partial charge in [0, 0.05) is 6.42 Å². The number of amides is 1. The van der Waals surface area contributed by atoms with Crippen LogP contribution in [0.1, 0.15) is 174 Å². The summed E-state index contributed by atoms with van der Waals surface area (Å²) < 4.78 is 23.1. The molecule has 0 aromatic carbocycles. The summed E-state index contributed by atoms with van der Waals surface area (Å²) in [5.74, 6) is -0.219. The maximum atomic E-state index is 12.8. The van der Waals surface area contributed by atoms with Gasteiger partial charge in [0.05, 0.1) is 39.9 Å². The van der Waals surface area contributed by atoms with Crippen molar-refractivity contribution in [2.45, 2.75) is 187 Å². The Labute approximate surface area is 339 Å². The van der Waals surface area contributed by atoms with Crippen molar-refractivity contribution in [2.24, 2.45) is 0 Å². The molecule has 0 saturated carbocycles. The van der Waals surface area contributed by atoms with Gasteiger partial charge in [0.25, 0.3) is 7.82 Å². The first-order valence-electron chi connectivity index (χ1n) is 22.2. The summed E-state index contributed by atoms with van der Waals surface area (Å²) in [6.45, 7) is 4.46. The number of carbonyl (C=O) groups is 1. The Hall–Kier alpha value is -1.80. The molecule has 0 spiro atoms. The van der Waals surface area contributed by atoms with Gasteiger partial charge in [-0.05, 0) is 70.6 Å². The Balaban J connectivity index is 4.29. The predicted octanol–water partition coefficient (Wildman–Crippen LogP) is 11.6. The molecule has 9 heteroatoms. The van der Waals surface area contributed by atoms with Crippen LogP contribution in [-0.4, -0.2) is 68.5 Å². The number of hydrogen-bond acceptors (Lipinski definition) is 6. The van der Waals surface area contributed by atoms with Crippen LogP contribution in [0.3, 0.4) is 0 Å². The average Bonchev–Trinajstić information content (AvgIpc) is 3.13. The number of phosphoric acid groups is 1. The number of allylic oxidation sites excluding steroid dienone is 9. The van der Waals surface area contributed by atoms with Crippen molar-refractivity contribution in [2.75, 3.05) is 40.9 Å². The minimum atomic E-state index is -4.60. The minimum absolute atomic E-state index is 0.0117. The third-order valence-corrected chi connectivity index (χ3v) is 10.4. The highest BCUT2D eigenvalue weighted by Crippen LogP contribution is 2.38. The maximum Gasteiger partial charge on any atom is 0.268 e. The molecule has 0 aliphatic carbocycles. The van der Waals surface area contributed by atoms with Crippen LogP contribution in [-0.2, 0) is 18.4 Å². The number of carbonyl (C=O) groups excluding carboxylic acids is 1. The van der Waals surface area contributed by atoms with Gasteiger partial charge in [-0.1, -0.05) is 158 Å². The van der Waals surface area contributed by atoms with Gasteiger partial charge < -0.3 is 28.8 Å². The zero-order valence-corrected chi connectivity index (χ0v) is 37.0. The molecular formula is C46H85N2O6P. The summed E-state index contributed by atoms with van der Waals surface area (Å²) >= 11 is 0. The smallest absolute Gasteiger partial charge is 0.268 e. The van der Waals surface area contributed by atoms with Crippen molar-refractivity contribution < 1.29 is 32.9 Å². The molecule has 3 atom stereocenters. The first-order chi connectivity index (χ1) is 26.5. The van der Waals surface area contributed by atoms with Crippen molar-refractivity contribution in [3.8, 4) is 0 Å². The molecule has 0 aliphatic heterocycles. The molecule has 0 fully saturated rings. The van der Waals surface area contributed by atoms with Crippen LogP contribution >= 0.6 is 7.82 Å². The lowest BCUT2D eigenvalue weighted by Gasteiger charge is -2.29. The molecule has 0 saturated heterocycles. The Morgan fingerprint density at radius 1 is 0.655 bits per heavy atom. The third kappa shape index (κ3) is 40.2. The SMILES string of the molecule is CC/C=C/CC/C=C/CC/C=C/C(O)C(COP(=O)([O-])OCC[N+](C)(C)C)NC(=O)CCCCCCCCCCCCC/C=C\C/C=C\CCCCCCC. The van der Waals surface area contributed by atoms with Gasteiger partial charge in [-0.25, -0.2) is 0 Å². The van der Waals surface area contributed by atoms with Crippen LogP contribution in [0.25, 0.3) is 0 Å². The highest BCUT2D eigenvalue weighted by Gasteiger charge is 2.23. The number of aliphatic hydroxyl groups is 1. The number of hydrogen-bond donors (Lipinski definition) is 2. The van der Waals surface area contributed by atoms with E-state index in [1.807, 2.05) is 27.2 Å². The summed E-state index contributed by atoms with van der Waals surface area (Å²) in [5.41, 5.74) is 0. The molecule has 55 heavy (non-hydrogen) atoms. The summed E-state index contributed by atoms with van der Waals surface area (Å²) in [6, 6.07) is -0.910. The number of likely N-dealkylation sites (N-methyl/N-ethyl adjacent to an activating group) is 1. The Kier molecular flexibility index (Phi) is 36.5. The summed E-state index contributed by atoms with van der Waals surface area (Å²) in [6.07, 6.45) is 48.6. The van der Waals surface area contributed by atoms with E-state index in [-0.39, 0.29) is 12.5 Å². The lowest BCUT2D eigenvalue weighted by molar-refractivity contribution is -0.870. The van der Waals surface area contributed by atoms with Crippen LogP contribution in [0.5, 0.6) is 0 Å². The molecule has 0 aliphatic rings. The number of rotatable bonds is 39. The van der Waals surface area contributed by atoms with E-state index >= 15 is 0 Å². The monoisotopic (exact) mass is 793 g/mol. The number of quaternary nitrogens is 1. The van der Waals surface area contributed by atoms with E-state index in [9.17, 15) is 19.4 Å². The fraction of sp³-hybridized carbons (Fsp3) is 0.761. The third-order valence-electron chi connectivity index (χ3n) is 9.44. The first-order valence-corrected chi connectivity index (χ1v) is 23.6. The van der Waals surface area contributed by atoms with E-state index in [0.29, 0.717) is 17.4 Å². The molecule has 2 N–H and O–H groups in total. The van der Waals surface area contributed by atoms with Gasteiger partial charge >= 0.3 is 0 Å². The predicted molar refractivity (Wildman–Crippen MR) is 233 cm³/mol. The number of phosphoric ester groups is 1. The van der Waals surface area contributed by atoms with E-state index < -0.39 is 26.6 Å². The Morgan fingerprint density at radius 2 is 1.13 bits per heavy atom. The fourth-order valence-corrected chi connectivity index (χ4v) is 6.65. The minimum Gasteiger partial charge on any atom is -0.756 e. The van der Waals surface area contributed by atoms with Crippen molar-refractivity contribution in [3.05, 3.63) is 60.8 Å². The average molecular weight is 793 g/mol. The highest BCUT2D eigenvalue weighted by atomic mass is 31.2. The first kappa shape index (κ1) is 53.2. The number of aliphatic hydroxyl groups excluding tert-OH is 1. The summed E-state index contributed by atoms with van der Waals surface area (Å²) in [5, 5.41) is 13.7. The van der Waals surface area contributed by atoms with Crippen LogP contribution in [0, 0.1) is 0 Å². The van der Waals surface area contributed by atoms with Crippen molar-refractivity contribution >= 4 is 13.7 Å². The fourth-order valence-electron chi connectivity index (χ4n) is 5.93. The number of nitrogens with zero attached hydrogens (tertiary/aromatic N) is 1. The van der Waals surface area contributed by atoms with Crippen molar-refractivity contribution in [1.29, 1.82) is 0 Å². The Morgan fingerprint density at radius 3 is 1.65 bits per heavy atom. The molecule has 0 aromatic heterocycles. The second-order valence-electron chi connectivity index (χ2n) is 16.0. The number of nitrogens with one attached hydrogen (secondary N) is 1. The molecule has 0 bridgehead atoms. The van der Waals surface area contributed by atoms with E-state index in [4.69, 9.17) is 9.05 Å². The zero-order chi connectivity index (χ0) is 40.7. The van der Waals surface area contributed by atoms with Crippen LogP contribution < -0.4 is 10.2 Å². The molecule has 0 radical (unpaired) electrons. The zero-order valence-electron chi connectivity index (χ0n) is 36.1. The largest absolute Gasteiger partial charge is 0.756 e.